The highest BCUT2D eigenvalue weighted by molar-refractivity contribution is 7.21. The number of nitrogens with zero attached hydrogens (tertiary/aromatic N) is 3. The fourth-order valence-corrected chi connectivity index (χ4v) is 2.44. The average molecular weight is 248 g/mol. The molecule has 0 radical (unpaired) electrons. The number of halogens is 1. The minimum atomic E-state index is 0.393. The van der Waals surface area contributed by atoms with Crippen LogP contribution in [0, 0.1) is 0 Å². The molecule has 0 aliphatic rings. The second-order valence-corrected chi connectivity index (χ2v) is 4.65. The van der Waals surface area contributed by atoms with E-state index in [2.05, 4.69) is 15.2 Å². The van der Waals surface area contributed by atoms with Crippen LogP contribution < -0.4 is 0 Å². The van der Waals surface area contributed by atoms with Gasteiger partial charge in [-0.2, -0.15) is 0 Å². The van der Waals surface area contributed by atoms with Crippen molar-refractivity contribution >= 4 is 33.2 Å². The molecule has 0 spiro atoms. The lowest BCUT2D eigenvalue weighted by Gasteiger charge is -1.92. The zero-order chi connectivity index (χ0) is 11.0. The van der Waals surface area contributed by atoms with E-state index in [1.165, 1.54) is 0 Å². The smallest absolute Gasteiger partial charge is 0.151 e. The van der Waals surface area contributed by atoms with Crippen LogP contribution in [0.1, 0.15) is 0 Å². The number of thiazole rings is 1. The average Bonchev–Trinajstić information content (AvgIpc) is 2.73. The van der Waals surface area contributed by atoms with Crippen molar-refractivity contribution in [2.45, 2.75) is 0 Å². The summed E-state index contributed by atoms with van der Waals surface area (Å²) in [6.07, 6.45) is 0. The lowest BCUT2D eigenvalue weighted by molar-refractivity contribution is 1.04. The molecule has 0 aliphatic heterocycles. The van der Waals surface area contributed by atoms with Crippen LogP contribution in [0.25, 0.3) is 20.9 Å². The zero-order valence-electron chi connectivity index (χ0n) is 8.09. The molecule has 0 saturated carbocycles. The Hall–Kier alpha value is -1.52. The third kappa shape index (κ3) is 1.66. The van der Waals surface area contributed by atoms with Crippen LogP contribution in [-0.2, 0) is 0 Å². The third-order valence-electron chi connectivity index (χ3n) is 2.15. The van der Waals surface area contributed by atoms with Gasteiger partial charge in [0.1, 0.15) is 10.7 Å². The molecule has 0 amide bonds. The number of hydrogen-bond donors (Lipinski definition) is 0. The molecule has 0 bridgehead atoms. The van der Waals surface area contributed by atoms with Gasteiger partial charge in [-0.1, -0.05) is 23.7 Å². The molecule has 0 fully saturated rings. The third-order valence-corrected chi connectivity index (χ3v) is 3.41. The van der Waals surface area contributed by atoms with Gasteiger partial charge in [-0.15, -0.1) is 21.5 Å². The first-order valence-corrected chi connectivity index (χ1v) is 5.87. The van der Waals surface area contributed by atoms with Gasteiger partial charge in [0.25, 0.3) is 0 Å². The van der Waals surface area contributed by atoms with Crippen molar-refractivity contribution < 1.29 is 0 Å². The van der Waals surface area contributed by atoms with Crippen molar-refractivity contribution in [2.75, 3.05) is 0 Å². The maximum Gasteiger partial charge on any atom is 0.151 e. The van der Waals surface area contributed by atoms with E-state index >= 15 is 0 Å². The summed E-state index contributed by atoms with van der Waals surface area (Å²) in [4.78, 5) is 4.49. The zero-order valence-corrected chi connectivity index (χ0v) is 9.66. The van der Waals surface area contributed by atoms with Gasteiger partial charge in [-0.3, -0.25) is 0 Å². The number of rotatable bonds is 1. The van der Waals surface area contributed by atoms with Gasteiger partial charge in [0.2, 0.25) is 0 Å². The molecule has 3 aromatic rings. The molecular formula is C11H6ClN3S. The lowest BCUT2D eigenvalue weighted by atomic mass is 10.3. The van der Waals surface area contributed by atoms with Crippen molar-refractivity contribution in [3.8, 4) is 10.7 Å². The van der Waals surface area contributed by atoms with E-state index in [1.54, 1.807) is 17.4 Å². The van der Waals surface area contributed by atoms with Crippen LogP contribution in [0.4, 0.5) is 0 Å². The first-order valence-electron chi connectivity index (χ1n) is 4.68. The van der Waals surface area contributed by atoms with Crippen LogP contribution in [0.2, 0.25) is 5.15 Å². The minimum Gasteiger partial charge on any atom is -0.234 e. The van der Waals surface area contributed by atoms with E-state index in [0.29, 0.717) is 5.15 Å². The number of para-hydroxylation sites is 1. The summed E-state index contributed by atoms with van der Waals surface area (Å²) in [7, 11) is 0. The van der Waals surface area contributed by atoms with Gasteiger partial charge in [0.15, 0.2) is 5.15 Å². The quantitative estimate of drug-likeness (QED) is 0.662. The van der Waals surface area contributed by atoms with Crippen molar-refractivity contribution in [3.63, 3.8) is 0 Å². The highest BCUT2D eigenvalue weighted by Crippen LogP contribution is 2.28. The van der Waals surface area contributed by atoms with Gasteiger partial charge < -0.3 is 0 Å². The molecule has 0 saturated heterocycles. The van der Waals surface area contributed by atoms with Crippen LogP contribution >= 0.6 is 22.9 Å². The summed E-state index contributed by atoms with van der Waals surface area (Å²) in [6.45, 7) is 0. The summed E-state index contributed by atoms with van der Waals surface area (Å²) in [5.41, 5.74) is 1.74. The second-order valence-electron chi connectivity index (χ2n) is 3.23. The first-order chi connectivity index (χ1) is 7.83. The highest BCUT2D eigenvalue weighted by Gasteiger charge is 2.07. The largest absolute Gasteiger partial charge is 0.234 e. The first kappa shape index (κ1) is 9.69. The van der Waals surface area contributed by atoms with E-state index in [9.17, 15) is 0 Å². The Morgan fingerprint density at radius 2 is 1.88 bits per heavy atom. The molecule has 0 atom stereocenters. The van der Waals surface area contributed by atoms with Gasteiger partial charge >= 0.3 is 0 Å². The predicted octanol–water partition coefficient (Wildman–Crippen LogP) is 3.41. The van der Waals surface area contributed by atoms with E-state index < -0.39 is 0 Å². The van der Waals surface area contributed by atoms with E-state index in [4.69, 9.17) is 11.6 Å². The molecule has 16 heavy (non-hydrogen) atoms. The summed E-state index contributed by atoms with van der Waals surface area (Å²) in [6, 6.07) is 11.5. The molecule has 0 aliphatic carbocycles. The number of hydrogen-bond acceptors (Lipinski definition) is 4. The minimum absolute atomic E-state index is 0.393. The Kier molecular flexibility index (Phi) is 2.31. The number of aromatic nitrogens is 3. The summed E-state index contributed by atoms with van der Waals surface area (Å²) >= 11 is 7.29. The topological polar surface area (TPSA) is 38.7 Å². The fraction of sp³-hybridized carbons (Fsp3) is 0. The normalized spacial score (nSPS) is 10.8. The number of fused-ring (bicyclic) bond motifs is 1. The molecular weight excluding hydrogens is 242 g/mol. The molecule has 3 nitrogen and oxygen atoms in total. The maximum atomic E-state index is 5.69. The Labute approximate surface area is 101 Å². The molecule has 0 N–H and O–H groups in total. The van der Waals surface area contributed by atoms with Crippen LogP contribution in [-0.4, -0.2) is 15.2 Å². The predicted molar refractivity (Wildman–Crippen MR) is 65.7 cm³/mol. The molecule has 2 heterocycles. The van der Waals surface area contributed by atoms with E-state index in [-0.39, 0.29) is 0 Å². The van der Waals surface area contributed by atoms with Crippen molar-refractivity contribution in [1.82, 2.24) is 15.2 Å². The standard InChI is InChI=1S/C11H6ClN3S/c12-10-6-5-8(14-15-10)11-13-7-3-1-2-4-9(7)16-11/h1-6H. The maximum absolute atomic E-state index is 5.69. The van der Waals surface area contributed by atoms with Gasteiger partial charge in [-0.25, -0.2) is 4.98 Å². The Bertz CT molecular complexity index is 600. The molecule has 2 aromatic heterocycles. The van der Waals surface area contributed by atoms with Gasteiger partial charge in [-0.05, 0) is 24.3 Å². The van der Waals surface area contributed by atoms with E-state index in [0.717, 1.165) is 20.9 Å². The van der Waals surface area contributed by atoms with Gasteiger partial charge in [0, 0.05) is 0 Å². The van der Waals surface area contributed by atoms with E-state index in [1.807, 2.05) is 30.3 Å². The SMILES string of the molecule is Clc1ccc(-c2nc3ccccc3s2)nn1. The molecule has 5 heteroatoms. The molecule has 78 valence electrons. The highest BCUT2D eigenvalue weighted by atomic mass is 35.5. The second kappa shape index (κ2) is 3.81. The Balaban J connectivity index is 2.15. The number of benzene rings is 1. The lowest BCUT2D eigenvalue weighted by Crippen LogP contribution is -1.85. The molecule has 3 rings (SSSR count). The monoisotopic (exact) mass is 247 g/mol. The van der Waals surface area contributed by atoms with Crippen LogP contribution in [0.5, 0.6) is 0 Å². The van der Waals surface area contributed by atoms with Gasteiger partial charge in [0.05, 0.1) is 10.2 Å². The van der Waals surface area contributed by atoms with Crippen LogP contribution in [0.3, 0.4) is 0 Å². The summed E-state index contributed by atoms with van der Waals surface area (Å²) < 4.78 is 1.15. The van der Waals surface area contributed by atoms with Crippen LogP contribution in [0.15, 0.2) is 36.4 Å². The fourth-order valence-electron chi connectivity index (χ4n) is 1.41. The molecule has 0 unspecified atom stereocenters. The molecule has 1 aromatic carbocycles. The Morgan fingerprint density at radius 1 is 1.00 bits per heavy atom. The summed E-state index contributed by atoms with van der Waals surface area (Å²) in [5, 5.41) is 9.08. The van der Waals surface area contributed by atoms with Crippen molar-refractivity contribution in [1.29, 1.82) is 0 Å². The van der Waals surface area contributed by atoms with Crippen molar-refractivity contribution in [3.05, 3.63) is 41.6 Å². The Morgan fingerprint density at radius 3 is 2.62 bits per heavy atom. The van der Waals surface area contributed by atoms with Crippen molar-refractivity contribution in [2.24, 2.45) is 0 Å². The summed E-state index contributed by atoms with van der Waals surface area (Å²) in [5.74, 6) is 0.